The lowest BCUT2D eigenvalue weighted by molar-refractivity contribution is -0.137. The average Bonchev–Trinajstić information content (AvgIpc) is 2.38. The Hall–Kier alpha value is -1.56. The van der Waals surface area contributed by atoms with Crippen molar-refractivity contribution in [1.82, 2.24) is 4.90 Å². The number of alkyl halides is 3. The van der Waals surface area contributed by atoms with E-state index in [9.17, 15) is 18.0 Å². The number of carbonyl (C=O) groups is 1. The van der Waals surface area contributed by atoms with Crippen LogP contribution in [0.2, 0.25) is 0 Å². The first-order valence-electron chi connectivity index (χ1n) is 6.02. The first-order chi connectivity index (χ1) is 8.91. The monoisotopic (exact) mass is 272 g/mol. The van der Waals surface area contributed by atoms with Gasteiger partial charge in [-0.15, -0.1) is 0 Å². The number of nitrogens with zero attached hydrogens (tertiary/aromatic N) is 2. The van der Waals surface area contributed by atoms with Crippen LogP contribution in [0.15, 0.2) is 18.2 Å². The maximum atomic E-state index is 12.6. The van der Waals surface area contributed by atoms with Gasteiger partial charge < -0.3 is 9.80 Å². The number of hydrogen-bond acceptors (Lipinski definition) is 3. The Bertz CT molecular complexity index is 465. The molecule has 0 aromatic heterocycles. The highest BCUT2D eigenvalue weighted by Gasteiger charge is 2.31. The average molecular weight is 272 g/mol. The molecule has 1 fully saturated rings. The van der Waals surface area contributed by atoms with E-state index in [1.54, 1.807) is 0 Å². The fourth-order valence-electron chi connectivity index (χ4n) is 2.16. The summed E-state index contributed by atoms with van der Waals surface area (Å²) in [6.07, 6.45) is -3.93. The van der Waals surface area contributed by atoms with Gasteiger partial charge in [0.1, 0.15) is 0 Å². The number of anilines is 1. The van der Waals surface area contributed by atoms with Crippen LogP contribution in [0.5, 0.6) is 0 Å². The van der Waals surface area contributed by atoms with Crippen LogP contribution in [-0.2, 0) is 6.18 Å². The molecule has 1 aromatic carbocycles. The SMILES string of the molecule is CN1CCN(c2ccc(C(F)(F)F)cc2C=O)CC1. The molecule has 0 aliphatic carbocycles. The summed E-state index contributed by atoms with van der Waals surface area (Å²) < 4.78 is 37.8. The Kier molecular flexibility index (Phi) is 3.80. The lowest BCUT2D eigenvalue weighted by Gasteiger charge is -2.34. The van der Waals surface area contributed by atoms with Gasteiger partial charge in [-0.1, -0.05) is 0 Å². The maximum absolute atomic E-state index is 12.6. The summed E-state index contributed by atoms with van der Waals surface area (Å²) in [5.41, 5.74) is -0.108. The summed E-state index contributed by atoms with van der Waals surface area (Å²) in [4.78, 5) is 15.1. The largest absolute Gasteiger partial charge is 0.416 e. The number of hydrogen-bond donors (Lipinski definition) is 0. The van der Waals surface area contributed by atoms with Crippen LogP contribution >= 0.6 is 0 Å². The Morgan fingerprint density at radius 3 is 2.32 bits per heavy atom. The van der Waals surface area contributed by atoms with E-state index in [0.717, 1.165) is 25.2 Å². The van der Waals surface area contributed by atoms with Crippen molar-refractivity contribution in [2.45, 2.75) is 6.18 Å². The Morgan fingerprint density at radius 2 is 1.79 bits per heavy atom. The molecule has 1 aromatic rings. The Morgan fingerprint density at radius 1 is 1.16 bits per heavy atom. The van der Waals surface area contributed by atoms with Crippen LogP contribution in [0.4, 0.5) is 18.9 Å². The highest BCUT2D eigenvalue weighted by molar-refractivity contribution is 5.85. The van der Waals surface area contributed by atoms with Gasteiger partial charge >= 0.3 is 6.18 Å². The topological polar surface area (TPSA) is 23.6 Å². The van der Waals surface area contributed by atoms with Crippen LogP contribution < -0.4 is 4.90 Å². The number of halogens is 3. The number of likely N-dealkylation sites (N-methyl/N-ethyl adjacent to an activating group) is 1. The molecule has 6 heteroatoms. The molecule has 1 aliphatic rings. The summed E-state index contributed by atoms with van der Waals surface area (Å²) in [6.45, 7) is 3.09. The van der Waals surface area contributed by atoms with E-state index in [-0.39, 0.29) is 5.56 Å². The minimum absolute atomic E-state index is 0.0966. The number of piperazine rings is 1. The van der Waals surface area contributed by atoms with E-state index in [1.807, 2.05) is 11.9 Å². The number of rotatable bonds is 2. The standard InChI is InChI=1S/C13H15F3N2O/c1-17-4-6-18(7-5-17)12-3-2-11(13(14,15)16)8-10(12)9-19/h2-3,8-9H,4-7H2,1H3. The van der Waals surface area contributed by atoms with E-state index < -0.39 is 11.7 Å². The molecule has 0 N–H and O–H groups in total. The lowest BCUT2D eigenvalue weighted by Crippen LogP contribution is -2.44. The summed E-state index contributed by atoms with van der Waals surface area (Å²) in [6, 6.07) is 3.33. The van der Waals surface area contributed by atoms with E-state index in [0.29, 0.717) is 25.1 Å². The molecule has 0 unspecified atom stereocenters. The Balaban J connectivity index is 2.29. The van der Waals surface area contributed by atoms with Crippen LogP contribution in [0.3, 0.4) is 0 Å². The van der Waals surface area contributed by atoms with Gasteiger partial charge in [0, 0.05) is 37.4 Å². The van der Waals surface area contributed by atoms with Crippen molar-refractivity contribution in [2.24, 2.45) is 0 Å². The van der Waals surface area contributed by atoms with Gasteiger partial charge in [0.2, 0.25) is 0 Å². The first-order valence-corrected chi connectivity index (χ1v) is 6.02. The number of carbonyl (C=O) groups excluding carboxylic acids is 1. The molecule has 3 nitrogen and oxygen atoms in total. The molecule has 1 heterocycles. The molecule has 0 spiro atoms. The normalized spacial score (nSPS) is 17.6. The second-order valence-corrected chi connectivity index (χ2v) is 4.68. The highest BCUT2D eigenvalue weighted by Crippen LogP contribution is 2.32. The molecular weight excluding hydrogens is 257 g/mol. The van der Waals surface area contributed by atoms with Crippen molar-refractivity contribution in [2.75, 3.05) is 38.1 Å². The van der Waals surface area contributed by atoms with Gasteiger partial charge in [0.15, 0.2) is 6.29 Å². The van der Waals surface area contributed by atoms with Gasteiger partial charge in [0.25, 0.3) is 0 Å². The van der Waals surface area contributed by atoms with Crippen LogP contribution in [0.25, 0.3) is 0 Å². The fourth-order valence-corrected chi connectivity index (χ4v) is 2.16. The zero-order chi connectivity index (χ0) is 14.0. The molecule has 0 amide bonds. The maximum Gasteiger partial charge on any atom is 0.416 e. The van der Waals surface area contributed by atoms with Crippen molar-refractivity contribution in [1.29, 1.82) is 0 Å². The smallest absolute Gasteiger partial charge is 0.368 e. The fraction of sp³-hybridized carbons (Fsp3) is 0.462. The first kappa shape index (κ1) is 13.9. The van der Waals surface area contributed by atoms with Gasteiger partial charge in [-0.05, 0) is 25.2 Å². The summed E-state index contributed by atoms with van der Waals surface area (Å²) in [7, 11) is 1.99. The van der Waals surface area contributed by atoms with Gasteiger partial charge in [-0.2, -0.15) is 13.2 Å². The van der Waals surface area contributed by atoms with E-state index in [1.165, 1.54) is 6.07 Å². The molecular formula is C13H15F3N2O. The lowest BCUT2D eigenvalue weighted by atomic mass is 10.1. The summed E-state index contributed by atoms with van der Waals surface area (Å²) in [5, 5.41) is 0. The van der Waals surface area contributed by atoms with Crippen LogP contribution in [-0.4, -0.2) is 44.4 Å². The van der Waals surface area contributed by atoms with Gasteiger partial charge in [0.05, 0.1) is 5.56 Å². The van der Waals surface area contributed by atoms with Crippen molar-refractivity contribution in [3.05, 3.63) is 29.3 Å². The number of benzene rings is 1. The molecule has 0 radical (unpaired) electrons. The highest BCUT2D eigenvalue weighted by atomic mass is 19.4. The second-order valence-electron chi connectivity index (χ2n) is 4.68. The van der Waals surface area contributed by atoms with Crippen molar-refractivity contribution >= 4 is 12.0 Å². The molecule has 0 bridgehead atoms. The zero-order valence-electron chi connectivity index (χ0n) is 10.6. The minimum Gasteiger partial charge on any atom is -0.368 e. The van der Waals surface area contributed by atoms with Crippen LogP contribution in [0, 0.1) is 0 Å². The predicted octanol–water partition coefficient (Wildman–Crippen LogP) is 2.27. The third-order valence-corrected chi connectivity index (χ3v) is 3.33. The van der Waals surface area contributed by atoms with Crippen molar-refractivity contribution in [3.63, 3.8) is 0 Å². The van der Waals surface area contributed by atoms with Crippen molar-refractivity contribution in [3.8, 4) is 0 Å². The van der Waals surface area contributed by atoms with Crippen LogP contribution in [0.1, 0.15) is 15.9 Å². The second kappa shape index (κ2) is 5.21. The van der Waals surface area contributed by atoms with E-state index in [2.05, 4.69) is 4.90 Å². The Labute approximate surface area is 109 Å². The minimum atomic E-state index is -4.42. The molecule has 2 rings (SSSR count). The summed E-state index contributed by atoms with van der Waals surface area (Å²) in [5.74, 6) is 0. The predicted molar refractivity (Wildman–Crippen MR) is 66.5 cm³/mol. The quantitative estimate of drug-likeness (QED) is 0.772. The third-order valence-electron chi connectivity index (χ3n) is 3.33. The summed E-state index contributed by atoms with van der Waals surface area (Å²) >= 11 is 0. The zero-order valence-corrected chi connectivity index (χ0v) is 10.6. The third kappa shape index (κ3) is 3.07. The molecule has 0 atom stereocenters. The molecule has 1 saturated heterocycles. The molecule has 1 aliphatic heterocycles. The van der Waals surface area contributed by atoms with E-state index in [4.69, 9.17) is 0 Å². The van der Waals surface area contributed by atoms with Gasteiger partial charge in [-0.25, -0.2) is 0 Å². The number of aldehydes is 1. The van der Waals surface area contributed by atoms with E-state index >= 15 is 0 Å². The van der Waals surface area contributed by atoms with Gasteiger partial charge in [-0.3, -0.25) is 4.79 Å². The molecule has 19 heavy (non-hydrogen) atoms. The molecule has 0 saturated carbocycles. The van der Waals surface area contributed by atoms with Crippen molar-refractivity contribution < 1.29 is 18.0 Å². The molecule has 104 valence electrons.